The van der Waals surface area contributed by atoms with Gasteiger partial charge in [-0.1, -0.05) is 6.07 Å². The molecular weight excluding hydrogens is 434 g/mol. The van der Waals surface area contributed by atoms with E-state index in [1.165, 1.54) is 23.1 Å². The minimum atomic E-state index is -1.15. The van der Waals surface area contributed by atoms with Crippen LogP contribution in [-0.2, 0) is 6.42 Å². The highest BCUT2D eigenvalue weighted by Gasteiger charge is 2.31. The molecule has 1 saturated heterocycles. The molecular formula is C17H13F3INO2. The topological polar surface area (TPSA) is 40.5 Å². The van der Waals surface area contributed by atoms with Gasteiger partial charge in [0.2, 0.25) is 0 Å². The monoisotopic (exact) mass is 447 g/mol. The number of carbonyl (C=O) groups excluding carboxylic acids is 1. The molecule has 7 heteroatoms. The first-order valence-corrected chi connectivity index (χ1v) is 8.33. The maximum Gasteiger partial charge on any atom is 0.254 e. The summed E-state index contributed by atoms with van der Waals surface area (Å²) in [4.78, 5) is 13.8. The number of hydrogen-bond acceptors (Lipinski definition) is 2. The molecule has 0 spiro atoms. The molecule has 3 rings (SSSR count). The lowest BCUT2D eigenvalue weighted by atomic mass is 9.96. The summed E-state index contributed by atoms with van der Waals surface area (Å²) in [5.74, 6) is -3.28. The molecule has 0 atom stereocenters. The molecule has 1 amide bonds. The van der Waals surface area contributed by atoms with Crippen LogP contribution in [0.2, 0.25) is 0 Å². The van der Waals surface area contributed by atoms with Gasteiger partial charge in [-0.05, 0) is 52.4 Å². The molecule has 0 aliphatic carbocycles. The molecule has 1 aliphatic heterocycles. The fourth-order valence-corrected chi connectivity index (χ4v) is 3.07. The van der Waals surface area contributed by atoms with E-state index in [0.717, 1.165) is 6.07 Å². The van der Waals surface area contributed by atoms with Crippen molar-refractivity contribution in [2.45, 2.75) is 12.5 Å². The van der Waals surface area contributed by atoms with Crippen molar-refractivity contribution in [1.29, 1.82) is 0 Å². The van der Waals surface area contributed by atoms with Gasteiger partial charge in [-0.3, -0.25) is 4.79 Å². The van der Waals surface area contributed by atoms with Crippen LogP contribution >= 0.6 is 22.6 Å². The van der Waals surface area contributed by atoms with E-state index in [4.69, 9.17) is 0 Å². The van der Waals surface area contributed by atoms with Crippen LogP contribution in [-0.4, -0.2) is 35.1 Å². The maximum atomic E-state index is 14.3. The summed E-state index contributed by atoms with van der Waals surface area (Å²) in [6.45, 7) is 0.296. The summed E-state index contributed by atoms with van der Waals surface area (Å²) >= 11 is 1.95. The third kappa shape index (κ3) is 3.27. The second-order valence-corrected chi connectivity index (χ2v) is 6.91. The van der Waals surface area contributed by atoms with Crippen molar-refractivity contribution in [2.24, 2.45) is 0 Å². The molecule has 0 radical (unpaired) electrons. The molecule has 2 aromatic carbocycles. The van der Waals surface area contributed by atoms with E-state index in [0.29, 0.717) is 3.57 Å². The molecule has 2 aromatic rings. The van der Waals surface area contributed by atoms with Crippen LogP contribution in [0.3, 0.4) is 0 Å². The third-order valence-corrected chi connectivity index (χ3v) is 4.63. The van der Waals surface area contributed by atoms with Crippen molar-refractivity contribution in [3.8, 4) is 0 Å². The van der Waals surface area contributed by atoms with Crippen molar-refractivity contribution in [3.63, 3.8) is 0 Å². The van der Waals surface area contributed by atoms with Crippen molar-refractivity contribution >= 4 is 28.5 Å². The van der Waals surface area contributed by atoms with E-state index in [9.17, 15) is 23.1 Å². The quantitative estimate of drug-likeness (QED) is 0.736. The first-order valence-electron chi connectivity index (χ1n) is 7.25. The van der Waals surface area contributed by atoms with Crippen LogP contribution in [0.1, 0.15) is 21.5 Å². The lowest BCUT2D eigenvalue weighted by Crippen LogP contribution is -2.53. The Bertz CT molecular complexity index is 807. The molecule has 0 bridgehead atoms. The average Bonchev–Trinajstić information content (AvgIpc) is 2.50. The highest BCUT2D eigenvalue weighted by Crippen LogP contribution is 2.25. The van der Waals surface area contributed by atoms with E-state index in [1.54, 1.807) is 6.07 Å². The van der Waals surface area contributed by atoms with Gasteiger partial charge in [-0.25, -0.2) is 13.2 Å². The largest absolute Gasteiger partial charge is 0.389 e. The van der Waals surface area contributed by atoms with Crippen LogP contribution < -0.4 is 0 Å². The maximum absolute atomic E-state index is 14.3. The predicted octanol–water partition coefficient (Wildman–Crippen LogP) is 3.12. The number of halogens is 4. The lowest BCUT2D eigenvalue weighted by Gasteiger charge is -2.36. The molecule has 1 N–H and O–H groups in total. The minimum Gasteiger partial charge on any atom is -0.389 e. The van der Waals surface area contributed by atoms with Gasteiger partial charge in [0.05, 0.1) is 6.10 Å². The van der Waals surface area contributed by atoms with Crippen LogP contribution in [0, 0.1) is 21.0 Å². The third-order valence-electron chi connectivity index (χ3n) is 3.96. The number of benzene rings is 2. The van der Waals surface area contributed by atoms with Crippen molar-refractivity contribution in [1.82, 2.24) is 4.90 Å². The fourth-order valence-electron chi connectivity index (χ4n) is 2.61. The van der Waals surface area contributed by atoms with Gasteiger partial charge in [0, 0.05) is 34.2 Å². The Morgan fingerprint density at radius 2 is 1.88 bits per heavy atom. The van der Waals surface area contributed by atoms with E-state index < -0.39 is 29.5 Å². The van der Waals surface area contributed by atoms with E-state index >= 15 is 0 Å². The number of nitrogens with zero attached hydrogens (tertiary/aromatic N) is 1. The predicted molar refractivity (Wildman–Crippen MR) is 90.2 cm³/mol. The zero-order valence-electron chi connectivity index (χ0n) is 12.4. The SMILES string of the molecule is O=C(c1ccc(F)c(F)c1Cc1ccc(I)cc1F)N1CC(O)C1. The Morgan fingerprint density at radius 1 is 1.17 bits per heavy atom. The van der Waals surface area contributed by atoms with Gasteiger partial charge in [-0.2, -0.15) is 0 Å². The van der Waals surface area contributed by atoms with Gasteiger partial charge >= 0.3 is 0 Å². The fraction of sp³-hybridized carbons (Fsp3) is 0.235. The van der Waals surface area contributed by atoms with Crippen LogP contribution in [0.15, 0.2) is 30.3 Å². The average molecular weight is 447 g/mol. The summed E-state index contributed by atoms with van der Waals surface area (Å²) in [5.41, 5.74) is -0.0159. The Kier molecular flexibility index (Phi) is 4.82. The summed E-state index contributed by atoms with van der Waals surface area (Å²) in [5, 5.41) is 9.30. The van der Waals surface area contributed by atoms with Crippen molar-refractivity contribution < 1.29 is 23.1 Å². The summed E-state index contributed by atoms with van der Waals surface area (Å²) in [6.07, 6.45) is -0.833. The summed E-state index contributed by atoms with van der Waals surface area (Å²) in [6, 6.07) is 6.52. The molecule has 3 nitrogen and oxygen atoms in total. The zero-order chi connectivity index (χ0) is 17.4. The molecule has 0 saturated carbocycles. The summed E-state index contributed by atoms with van der Waals surface area (Å²) in [7, 11) is 0. The molecule has 24 heavy (non-hydrogen) atoms. The highest BCUT2D eigenvalue weighted by molar-refractivity contribution is 14.1. The molecule has 0 aromatic heterocycles. The number of rotatable bonds is 3. The van der Waals surface area contributed by atoms with Gasteiger partial charge < -0.3 is 10.0 Å². The number of hydrogen-bond donors (Lipinski definition) is 1. The molecule has 1 aliphatic rings. The van der Waals surface area contributed by atoms with Crippen molar-refractivity contribution in [3.05, 3.63) is 68.0 Å². The number of β-amino-alcohol motifs (C(OH)–C–C–N with tert-alkyl or cyclic N) is 1. The van der Waals surface area contributed by atoms with E-state index in [2.05, 4.69) is 0 Å². The van der Waals surface area contributed by atoms with Crippen LogP contribution in [0.4, 0.5) is 13.2 Å². The second-order valence-electron chi connectivity index (χ2n) is 5.66. The second kappa shape index (κ2) is 6.72. The number of likely N-dealkylation sites (tertiary alicyclic amines) is 1. The Balaban J connectivity index is 1.99. The molecule has 0 unspecified atom stereocenters. The van der Waals surface area contributed by atoms with E-state index in [1.807, 2.05) is 22.6 Å². The van der Waals surface area contributed by atoms with Gasteiger partial charge in [0.1, 0.15) is 5.82 Å². The van der Waals surface area contributed by atoms with Crippen LogP contribution in [0.25, 0.3) is 0 Å². The van der Waals surface area contributed by atoms with Crippen molar-refractivity contribution in [2.75, 3.05) is 13.1 Å². The smallest absolute Gasteiger partial charge is 0.254 e. The first-order chi connectivity index (χ1) is 11.4. The van der Waals surface area contributed by atoms with E-state index in [-0.39, 0.29) is 36.2 Å². The Labute approximate surface area is 150 Å². The van der Waals surface area contributed by atoms with Gasteiger partial charge in [0.25, 0.3) is 5.91 Å². The molecule has 1 heterocycles. The van der Waals surface area contributed by atoms with Gasteiger partial charge in [-0.15, -0.1) is 0 Å². The Morgan fingerprint density at radius 3 is 2.50 bits per heavy atom. The number of carbonyl (C=O) groups is 1. The first kappa shape index (κ1) is 17.2. The number of aliphatic hydroxyl groups is 1. The standard InChI is InChI=1S/C17H13F3INO2/c18-14-4-3-12(17(24)22-7-11(23)8-22)13(16(14)20)5-9-1-2-10(21)6-15(9)19/h1-4,6,11,23H,5,7-8H2. The molecule has 126 valence electrons. The number of amides is 1. The molecule has 1 fully saturated rings. The normalized spacial score (nSPS) is 14.6. The highest BCUT2D eigenvalue weighted by atomic mass is 127. The summed E-state index contributed by atoms with van der Waals surface area (Å²) < 4.78 is 42.6. The Hall–Kier alpha value is -1.61. The minimum absolute atomic E-state index is 0.0150. The zero-order valence-corrected chi connectivity index (χ0v) is 14.6. The van der Waals surface area contributed by atoms with Crippen LogP contribution in [0.5, 0.6) is 0 Å². The lowest BCUT2D eigenvalue weighted by molar-refractivity contribution is 0.00578. The number of aliphatic hydroxyl groups excluding tert-OH is 1. The van der Waals surface area contributed by atoms with Gasteiger partial charge in [0.15, 0.2) is 11.6 Å².